The van der Waals surface area contributed by atoms with Gasteiger partial charge in [0.25, 0.3) is 5.91 Å². The van der Waals surface area contributed by atoms with E-state index in [1.807, 2.05) is 13.8 Å². The molecular weight excluding hydrogens is 533 g/mol. The van der Waals surface area contributed by atoms with Crippen LogP contribution < -0.4 is 16.5 Å². The highest BCUT2D eigenvalue weighted by Gasteiger charge is 2.32. The van der Waals surface area contributed by atoms with Crippen LogP contribution in [-0.2, 0) is 6.18 Å². The van der Waals surface area contributed by atoms with Crippen LogP contribution >= 0.6 is 0 Å². The van der Waals surface area contributed by atoms with Crippen LogP contribution in [0.15, 0.2) is 60.9 Å². The van der Waals surface area contributed by atoms with E-state index >= 15 is 0 Å². The number of allylic oxidation sites excluding steroid dienone is 3. The zero-order valence-corrected chi connectivity index (χ0v) is 23.4. The zero-order chi connectivity index (χ0) is 29.7. The SMILES string of the molecule is C=C/C(=C(/C)N(C)N)c1cn(-c2cc(NC(=O)c3cc(C(F)(F)F)ccc3NCCN3CCCC3)ccc2C)nn1. The van der Waals surface area contributed by atoms with Crippen LogP contribution in [0.5, 0.6) is 0 Å². The van der Waals surface area contributed by atoms with E-state index in [1.54, 1.807) is 42.2 Å². The van der Waals surface area contributed by atoms with E-state index in [2.05, 4.69) is 32.4 Å². The number of aryl methyl sites for hydroxylation is 1. The van der Waals surface area contributed by atoms with Gasteiger partial charge in [-0.1, -0.05) is 23.9 Å². The smallest absolute Gasteiger partial charge is 0.383 e. The molecule has 4 rings (SSSR count). The summed E-state index contributed by atoms with van der Waals surface area (Å²) in [5, 5.41) is 15.8. The molecule has 1 amide bonds. The molecule has 12 heteroatoms. The van der Waals surface area contributed by atoms with Crippen molar-refractivity contribution in [3.63, 3.8) is 0 Å². The summed E-state index contributed by atoms with van der Waals surface area (Å²) in [5.74, 6) is 5.21. The molecule has 0 spiro atoms. The van der Waals surface area contributed by atoms with Gasteiger partial charge < -0.3 is 20.5 Å². The number of carbonyl (C=O) groups is 1. The summed E-state index contributed by atoms with van der Waals surface area (Å²) in [6.07, 6.45) is 1.05. The number of likely N-dealkylation sites (tertiary alicyclic amines) is 1. The van der Waals surface area contributed by atoms with Gasteiger partial charge in [0.15, 0.2) is 0 Å². The lowest BCUT2D eigenvalue weighted by Crippen LogP contribution is -2.26. The van der Waals surface area contributed by atoms with Gasteiger partial charge in [-0.25, -0.2) is 10.5 Å². The minimum absolute atomic E-state index is 0.0893. The van der Waals surface area contributed by atoms with Gasteiger partial charge in [0, 0.05) is 42.8 Å². The highest BCUT2D eigenvalue weighted by atomic mass is 19.4. The summed E-state index contributed by atoms with van der Waals surface area (Å²) in [6, 6.07) is 8.34. The number of nitrogens with zero attached hydrogens (tertiary/aromatic N) is 5. The van der Waals surface area contributed by atoms with Gasteiger partial charge in [-0.3, -0.25) is 4.79 Å². The normalized spacial score (nSPS) is 14.5. The molecule has 1 fully saturated rings. The summed E-state index contributed by atoms with van der Waals surface area (Å²) >= 11 is 0. The highest BCUT2D eigenvalue weighted by Crippen LogP contribution is 2.32. The van der Waals surface area contributed by atoms with Crippen molar-refractivity contribution in [3.05, 3.63) is 83.3 Å². The van der Waals surface area contributed by atoms with Crippen LogP contribution in [0.1, 0.15) is 46.9 Å². The van der Waals surface area contributed by atoms with Gasteiger partial charge in [-0.15, -0.1) is 5.10 Å². The number of amides is 1. The topological polar surface area (TPSA) is 104 Å². The Labute approximate surface area is 237 Å². The molecule has 2 heterocycles. The fraction of sp³-hybridized carbons (Fsp3) is 0.345. The third-order valence-electron chi connectivity index (χ3n) is 7.14. The fourth-order valence-electron chi connectivity index (χ4n) is 4.68. The number of hydrogen-bond donors (Lipinski definition) is 3. The van der Waals surface area contributed by atoms with E-state index in [0.29, 0.717) is 34.9 Å². The maximum absolute atomic E-state index is 13.5. The Balaban J connectivity index is 1.59. The number of hydrazine groups is 1. The molecule has 1 saturated heterocycles. The molecule has 1 aromatic heterocycles. The summed E-state index contributed by atoms with van der Waals surface area (Å²) < 4.78 is 42.1. The van der Waals surface area contributed by atoms with E-state index in [4.69, 9.17) is 5.84 Å². The molecular formula is C29H35F3N8O. The number of benzene rings is 2. The lowest BCUT2D eigenvalue weighted by atomic mass is 10.1. The molecule has 0 unspecified atom stereocenters. The Morgan fingerprint density at radius 3 is 2.59 bits per heavy atom. The van der Waals surface area contributed by atoms with Crippen molar-refractivity contribution in [2.45, 2.75) is 32.9 Å². The van der Waals surface area contributed by atoms with Gasteiger partial charge in [0.05, 0.1) is 23.0 Å². The number of rotatable bonds is 10. The summed E-state index contributed by atoms with van der Waals surface area (Å²) in [7, 11) is 1.71. The molecule has 41 heavy (non-hydrogen) atoms. The summed E-state index contributed by atoms with van der Waals surface area (Å²) in [5.41, 5.74) is 3.24. The minimum atomic E-state index is -4.58. The average molecular weight is 569 g/mol. The van der Waals surface area contributed by atoms with Crippen molar-refractivity contribution in [1.82, 2.24) is 24.9 Å². The van der Waals surface area contributed by atoms with E-state index in [-0.39, 0.29) is 5.56 Å². The van der Waals surface area contributed by atoms with Crippen molar-refractivity contribution in [1.29, 1.82) is 0 Å². The zero-order valence-electron chi connectivity index (χ0n) is 23.4. The molecule has 3 aromatic rings. The molecule has 0 atom stereocenters. The number of nitrogens with one attached hydrogen (secondary N) is 2. The quantitative estimate of drug-likeness (QED) is 0.178. The first-order chi connectivity index (χ1) is 19.5. The largest absolute Gasteiger partial charge is 0.416 e. The second-order valence-corrected chi connectivity index (χ2v) is 10.1. The minimum Gasteiger partial charge on any atom is -0.383 e. The van der Waals surface area contributed by atoms with Crippen molar-refractivity contribution in [2.75, 3.05) is 43.9 Å². The van der Waals surface area contributed by atoms with Gasteiger partial charge in [-0.2, -0.15) is 13.2 Å². The second-order valence-electron chi connectivity index (χ2n) is 10.1. The van der Waals surface area contributed by atoms with Gasteiger partial charge in [0.1, 0.15) is 5.69 Å². The number of aromatic nitrogens is 3. The Bertz CT molecular complexity index is 1440. The van der Waals surface area contributed by atoms with Crippen LogP contribution in [0.4, 0.5) is 24.5 Å². The third-order valence-corrected chi connectivity index (χ3v) is 7.14. The van der Waals surface area contributed by atoms with E-state index < -0.39 is 17.6 Å². The molecule has 2 aromatic carbocycles. The first-order valence-corrected chi connectivity index (χ1v) is 13.3. The standard InChI is InChI=1S/C29H35F3N8O/c1-5-23(20(3)38(4)33)26-18-40(37-36-26)27-17-22(10-8-19(27)2)35-28(41)24-16-21(29(30,31)32)9-11-25(24)34-12-15-39-13-6-7-14-39/h5,8-11,16-18,34H,1,6-7,12-15,33H2,2-4H3,(H,35,41)/b23-20+. The van der Waals surface area contributed by atoms with Gasteiger partial charge >= 0.3 is 6.18 Å². The van der Waals surface area contributed by atoms with E-state index in [1.165, 1.54) is 11.1 Å². The molecule has 1 aliphatic rings. The Morgan fingerprint density at radius 1 is 1.20 bits per heavy atom. The molecule has 218 valence electrons. The van der Waals surface area contributed by atoms with E-state index in [0.717, 1.165) is 55.9 Å². The number of halogens is 3. The molecule has 9 nitrogen and oxygen atoms in total. The van der Waals surface area contributed by atoms with Gasteiger partial charge in [0.2, 0.25) is 0 Å². The molecule has 0 saturated carbocycles. The Kier molecular flexibility index (Phi) is 9.14. The molecule has 0 radical (unpaired) electrons. The van der Waals surface area contributed by atoms with Crippen molar-refractivity contribution < 1.29 is 18.0 Å². The third kappa shape index (κ3) is 7.14. The van der Waals surface area contributed by atoms with Crippen molar-refractivity contribution in [2.24, 2.45) is 5.84 Å². The highest BCUT2D eigenvalue weighted by molar-refractivity contribution is 6.08. The Hall–Kier alpha value is -4.16. The number of anilines is 2. The first kappa shape index (κ1) is 29.8. The average Bonchev–Trinajstić information content (AvgIpc) is 3.62. The molecule has 0 bridgehead atoms. The number of alkyl halides is 3. The predicted molar refractivity (Wildman–Crippen MR) is 154 cm³/mol. The molecule has 1 aliphatic heterocycles. The van der Waals surface area contributed by atoms with Crippen LogP contribution in [0.3, 0.4) is 0 Å². The maximum Gasteiger partial charge on any atom is 0.416 e. The number of carbonyl (C=O) groups excluding carboxylic acids is 1. The number of hydrogen-bond acceptors (Lipinski definition) is 7. The lowest BCUT2D eigenvalue weighted by Gasteiger charge is -2.18. The van der Waals surface area contributed by atoms with Crippen LogP contribution in [0, 0.1) is 6.92 Å². The van der Waals surface area contributed by atoms with Gasteiger partial charge in [-0.05, 0) is 75.7 Å². The number of nitrogens with two attached hydrogens (primary N) is 1. The monoisotopic (exact) mass is 568 g/mol. The first-order valence-electron chi connectivity index (χ1n) is 13.3. The van der Waals surface area contributed by atoms with Crippen LogP contribution in [-0.4, -0.2) is 64.0 Å². The van der Waals surface area contributed by atoms with E-state index in [9.17, 15) is 18.0 Å². The molecule has 0 aliphatic carbocycles. The fourth-order valence-corrected chi connectivity index (χ4v) is 4.68. The maximum atomic E-state index is 13.5. The predicted octanol–water partition coefficient (Wildman–Crippen LogP) is 5.08. The second kappa shape index (κ2) is 12.6. The van der Waals surface area contributed by atoms with Crippen LogP contribution in [0.2, 0.25) is 0 Å². The summed E-state index contributed by atoms with van der Waals surface area (Å²) in [4.78, 5) is 15.6. The van der Waals surface area contributed by atoms with Crippen molar-refractivity contribution >= 4 is 22.9 Å². The van der Waals surface area contributed by atoms with Crippen LogP contribution in [0.25, 0.3) is 11.3 Å². The van der Waals surface area contributed by atoms with Crippen molar-refractivity contribution in [3.8, 4) is 5.69 Å². The summed E-state index contributed by atoms with van der Waals surface area (Å²) in [6.45, 7) is 10.8. The Morgan fingerprint density at radius 2 is 1.93 bits per heavy atom. The molecule has 4 N–H and O–H groups in total. The lowest BCUT2D eigenvalue weighted by molar-refractivity contribution is -0.137.